The number of nitrogens with one attached hydrogen (secondary N) is 2. The molecule has 6 nitrogen and oxygen atoms in total. The highest BCUT2D eigenvalue weighted by Gasteiger charge is 2.70. The Bertz CT molecular complexity index is 805. The van der Waals surface area contributed by atoms with Gasteiger partial charge in [0, 0.05) is 23.3 Å². The molecule has 0 bridgehead atoms. The molecule has 1 aromatic rings. The zero-order valence-electron chi connectivity index (χ0n) is 15.6. The van der Waals surface area contributed by atoms with Crippen molar-refractivity contribution in [2.45, 2.75) is 51.7 Å². The molecule has 2 fully saturated rings. The van der Waals surface area contributed by atoms with Gasteiger partial charge in [-0.15, -0.1) is 0 Å². The van der Waals surface area contributed by atoms with Crippen LogP contribution in [0.1, 0.15) is 39.7 Å². The summed E-state index contributed by atoms with van der Waals surface area (Å²) in [6.45, 7) is 7.90. The summed E-state index contributed by atoms with van der Waals surface area (Å²) in [7, 11) is 0. The fraction of sp³-hybridized carbons (Fsp3) is 0.550. The minimum Gasteiger partial charge on any atom is -0.324 e. The first-order chi connectivity index (χ1) is 12.3. The number of likely N-dealkylation sites (tertiary alicyclic amines) is 1. The summed E-state index contributed by atoms with van der Waals surface area (Å²) in [4.78, 5) is 41.1. The van der Waals surface area contributed by atoms with Crippen LogP contribution in [0.3, 0.4) is 0 Å². The normalized spacial score (nSPS) is 33.8. The summed E-state index contributed by atoms with van der Waals surface area (Å²) in [5, 5.41) is 6.34. The predicted octanol–water partition coefficient (Wildman–Crippen LogP) is 1.86. The van der Waals surface area contributed by atoms with Crippen LogP contribution >= 0.6 is 0 Å². The Morgan fingerprint density at radius 3 is 2.46 bits per heavy atom. The maximum absolute atomic E-state index is 13.4. The molecule has 4 rings (SSSR count). The Hall–Kier alpha value is -2.21. The van der Waals surface area contributed by atoms with Gasteiger partial charge in [-0.3, -0.25) is 24.6 Å². The van der Waals surface area contributed by atoms with Crippen molar-refractivity contribution < 1.29 is 14.4 Å². The minimum absolute atomic E-state index is 0.121. The highest BCUT2D eigenvalue weighted by Crippen LogP contribution is 2.54. The number of para-hydroxylation sites is 1. The van der Waals surface area contributed by atoms with Crippen molar-refractivity contribution in [3.8, 4) is 0 Å². The number of carbonyl (C=O) groups excluding carboxylic acids is 3. The lowest BCUT2D eigenvalue weighted by Crippen LogP contribution is -2.54. The van der Waals surface area contributed by atoms with E-state index in [9.17, 15) is 14.4 Å². The van der Waals surface area contributed by atoms with Crippen molar-refractivity contribution in [2.75, 3.05) is 5.32 Å². The van der Waals surface area contributed by atoms with Crippen molar-refractivity contribution >= 4 is 23.4 Å². The van der Waals surface area contributed by atoms with Crippen molar-refractivity contribution in [3.05, 3.63) is 29.8 Å². The van der Waals surface area contributed by atoms with E-state index >= 15 is 0 Å². The van der Waals surface area contributed by atoms with E-state index in [4.69, 9.17) is 0 Å². The van der Waals surface area contributed by atoms with Gasteiger partial charge >= 0.3 is 0 Å². The first-order valence-corrected chi connectivity index (χ1v) is 9.40. The summed E-state index contributed by atoms with van der Waals surface area (Å²) < 4.78 is 0. The van der Waals surface area contributed by atoms with Crippen LogP contribution in [0.25, 0.3) is 0 Å². The van der Waals surface area contributed by atoms with Gasteiger partial charge in [0.05, 0.1) is 11.8 Å². The molecule has 6 heteroatoms. The van der Waals surface area contributed by atoms with Crippen LogP contribution < -0.4 is 10.6 Å². The lowest BCUT2D eigenvalue weighted by molar-refractivity contribution is -0.145. The Morgan fingerprint density at radius 1 is 1.12 bits per heavy atom. The zero-order chi connectivity index (χ0) is 18.8. The van der Waals surface area contributed by atoms with Crippen LogP contribution in [0.2, 0.25) is 0 Å². The quantitative estimate of drug-likeness (QED) is 0.812. The molecule has 1 spiro atoms. The maximum atomic E-state index is 13.4. The van der Waals surface area contributed by atoms with Crippen LogP contribution in [-0.4, -0.2) is 34.7 Å². The maximum Gasteiger partial charge on any atom is 0.250 e. The van der Waals surface area contributed by atoms with Crippen LogP contribution in [-0.2, 0) is 19.9 Å². The molecule has 3 heterocycles. The molecular formula is C20H25N3O3. The summed E-state index contributed by atoms with van der Waals surface area (Å²) in [6, 6.07) is 7.07. The second kappa shape index (κ2) is 5.64. The van der Waals surface area contributed by atoms with Gasteiger partial charge in [-0.1, -0.05) is 39.0 Å². The third kappa shape index (κ3) is 1.93. The molecule has 0 saturated carbocycles. The summed E-state index contributed by atoms with van der Waals surface area (Å²) in [5.41, 5.74) is 0.330. The lowest BCUT2D eigenvalue weighted by Gasteiger charge is -2.31. The van der Waals surface area contributed by atoms with Crippen molar-refractivity contribution in [3.63, 3.8) is 0 Å². The van der Waals surface area contributed by atoms with Gasteiger partial charge in [0.25, 0.3) is 0 Å². The number of anilines is 1. The summed E-state index contributed by atoms with van der Waals surface area (Å²) >= 11 is 0. The Labute approximate surface area is 153 Å². The Kier molecular flexibility index (Phi) is 3.74. The molecule has 26 heavy (non-hydrogen) atoms. The van der Waals surface area contributed by atoms with E-state index in [1.807, 2.05) is 52.0 Å². The van der Waals surface area contributed by atoms with E-state index < -0.39 is 17.4 Å². The molecule has 0 aromatic heterocycles. The largest absolute Gasteiger partial charge is 0.324 e. The Morgan fingerprint density at radius 2 is 1.81 bits per heavy atom. The average Bonchev–Trinajstić information content (AvgIpc) is 3.20. The monoisotopic (exact) mass is 355 g/mol. The molecule has 3 amide bonds. The molecule has 2 N–H and O–H groups in total. The molecule has 3 unspecified atom stereocenters. The number of amides is 3. The van der Waals surface area contributed by atoms with Gasteiger partial charge in [0.2, 0.25) is 17.7 Å². The second-order valence-corrected chi connectivity index (χ2v) is 8.03. The highest BCUT2D eigenvalue weighted by molar-refractivity contribution is 6.15. The Balaban J connectivity index is 1.90. The number of fused-ring (bicyclic) bond motifs is 4. The molecule has 0 aliphatic carbocycles. The van der Waals surface area contributed by atoms with E-state index in [2.05, 4.69) is 10.6 Å². The van der Waals surface area contributed by atoms with Crippen molar-refractivity contribution in [1.82, 2.24) is 10.2 Å². The van der Waals surface area contributed by atoms with E-state index in [0.717, 1.165) is 11.3 Å². The zero-order valence-corrected chi connectivity index (χ0v) is 15.6. The predicted molar refractivity (Wildman–Crippen MR) is 97.1 cm³/mol. The number of imide groups is 1. The lowest BCUT2D eigenvalue weighted by atomic mass is 9.76. The standard InChI is InChI=1S/C20H25N3O3/c1-5-11(4)23-17(24)14-15(18(23)25)20(22-16(14)10(2)3)12-8-6-7-9-13(12)21-19(20)26/h6-11,14-16,22H,5H2,1-4H3,(H,21,26)/t11?,14-,15-,16?,20?/m1/s1. The molecule has 3 aliphatic heterocycles. The fourth-order valence-electron chi connectivity index (χ4n) is 4.90. The topological polar surface area (TPSA) is 78.5 Å². The van der Waals surface area contributed by atoms with Gasteiger partial charge < -0.3 is 5.32 Å². The van der Waals surface area contributed by atoms with E-state index in [0.29, 0.717) is 6.42 Å². The van der Waals surface area contributed by atoms with Crippen LogP contribution in [0, 0.1) is 17.8 Å². The molecule has 1 aromatic carbocycles. The molecule has 2 saturated heterocycles. The third-order valence-electron chi connectivity index (χ3n) is 6.34. The fourth-order valence-corrected chi connectivity index (χ4v) is 4.90. The van der Waals surface area contributed by atoms with E-state index in [1.165, 1.54) is 4.90 Å². The van der Waals surface area contributed by atoms with Gasteiger partial charge in [0.1, 0.15) is 5.54 Å². The number of hydrogen-bond donors (Lipinski definition) is 2. The first kappa shape index (κ1) is 17.2. The number of rotatable bonds is 3. The number of nitrogens with zero attached hydrogens (tertiary/aromatic N) is 1. The second-order valence-electron chi connectivity index (χ2n) is 8.03. The highest BCUT2D eigenvalue weighted by atomic mass is 16.2. The average molecular weight is 355 g/mol. The number of benzene rings is 1. The number of hydrogen-bond acceptors (Lipinski definition) is 4. The molecule has 5 atom stereocenters. The molecule has 0 radical (unpaired) electrons. The van der Waals surface area contributed by atoms with E-state index in [1.54, 1.807) is 0 Å². The summed E-state index contributed by atoms with van der Waals surface area (Å²) in [5.74, 6) is -1.68. The van der Waals surface area contributed by atoms with Gasteiger partial charge in [-0.05, 0) is 25.3 Å². The first-order valence-electron chi connectivity index (χ1n) is 9.40. The third-order valence-corrected chi connectivity index (χ3v) is 6.34. The van der Waals surface area contributed by atoms with Crippen molar-refractivity contribution in [2.24, 2.45) is 17.8 Å². The molecule has 138 valence electrons. The van der Waals surface area contributed by atoms with Gasteiger partial charge in [0.15, 0.2) is 0 Å². The number of carbonyl (C=O) groups is 3. The molecular weight excluding hydrogens is 330 g/mol. The van der Waals surface area contributed by atoms with Gasteiger partial charge in [-0.25, -0.2) is 0 Å². The summed E-state index contributed by atoms with van der Waals surface area (Å²) in [6.07, 6.45) is 0.701. The smallest absolute Gasteiger partial charge is 0.250 e. The van der Waals surface area contributed by atoms with E-state index in [-0.39, 0.29) is 35.7 Å². The minimum atomic E-state index is -1.16. The van der Waals surface area contributed by atoms with Crippen LogP contribution in [0.4, 0.5) is 5.69 Å². The van der Waals surface area contributed by atoms with Crippen molar-refractivity contribution in [1.29, 1.82) is 0 Å². The SMILES string of the molecule is CCC(C)N1C(=O)[C@H]2C(C(C)C)NC3(C(=O)Nc4ccccc43)[C@H]2C1=O. The van der Waals surface area contributed by atoms with Crippen LogP contribution in [0.5, 0.6) is 0 Å². The molecule has 3 aliphatic rings. The van der Waals surface area contributed by atoms with Crippen LogP contribution in [0.15, 0.2) is 24.3 Å². The van der Waals surface area contributed by atoms with Gasteiger partial charge in [-0.2, -0.15) is 0 Å².